The molecule has 0 aliphatic rings. The van der Waals surface area contributed by atoms with Crippen molar-refractivity contribution in [2.75, 3.05) is 54.6 Å². The highest BCUT2D eigenvalue weighted by atomic mass is 16.7. The van der Waals surface area contributed by atoms with Gasteiger partial charge in [0, 0.05) is 19.4 Å². The van der Waals surface area contributed by atoms with Gasteiger partial charge in [0.1, 0.15) is 41.5 Å². The second-order valence-electron chi connectivity index (χ2n) is 5.53. The summed E-state index contributed by atoms with van der Waals surface area (Å²) in [5, 5.41) is 80.2. The van der Waals surface area contributed by atoms with Crippen molar-refractivity contribution in [3.63, 3.8) is 0 Å². The van der Waals surface area contributed by atoms with Crippen molar-refractivity contribution in [2.24, 2.45) is 21.1 Å². The van der Waals surface area contributed by atoms with Crippen LogP contribution >= 0.6 is 0 Å². The molecular weight excluding hydrogens is 480 g/mol. The van der Waals surface area contributed by atoms with Crippen LogP contribution in [-0.4, -0.2) is 106 Å². The second kappa shape index (κ2) is 15.1. The fourth-order valence-corrected chi connectivity index (χ4v) is 2.08. The summed E-state index contributed by atoms with van der Waals surface area (Å²) in [6.45, 7) is -3.57. The van der Waals surface area contributed by atoms with Crippen molar-refractivity contribution in [2.45, 2.75) is 12.3 Å². The first-order valence-corrected chi connectivity index (χ1v) is 8.64. The van der Waals surface area contributed by atoms with Crippen LogP contribution < -0.4 is 0 Å². The molecule has 0 aliphatic heterocycles. The Balaban J connectivity index is 5.75. The van der Waals surface area contributed by atoms with Gasteiger partial charge in [-0.05, 0) is 0 Å². The zero-order chi connectivity index (χ0) is 26.3. The van der Waals surface area contributed by atoms with Crippen LogP contribution in [-0.2, 0) is 19.4 Å². The molecule has 0 rings (SSSR count). The smallest absolute Gasteiger partial charge is 0.439 e. The third kappa shape index (κ3) is 9.56. The summed E-state index contributed by atoms with van der Waals surface area (Å²) in [4.78, 5) is 38.2. The molecule has 1 unspecified atom stereocenters. The predicted molar refractivity (Wildman–Crippen MR) is 97.0 cm³/mol. The number of nitrogens with zero attached hydrogens (tertiary/aromatic N) is 12. The lowest BCUT2D eigenvalue weighted by molar-refractivity contribution is -0.809. The molecule has 0 fully saturated rings. The van der Waals surface area contributed by atoms with Crippen LogP contribution in [0.1, 0.15) is 0 Å². The van der Waals surface area contributed by atoms with E-state index in [4.69, 9.17) is 0 Å². The van der Waals surface area contributed by atoms with Crippen LogP contribution in [0, 0.1) is 41.1 Å². The second-order valence-corrected chi connectivity index (χ2v) is 5.53. The molecule has 0 radical (unpaired) electrons. The maximum atomic E-state index is 11.9. The summed E-state index contributed by atoms with van der Waals surface area (Å²) in [6, 6.07) is 0. The number of hydrazine groups is 2. The third-order valence-electron chi connectivity index (χ3n) is 3.49. The Morgan fingerprint density at radius 1 is 0.588 bits per heavy atom. The molecule has 0 saturated heterocycles. The molecule has 0 aromatic rings. The monoisotopic (exact) mass is 502 g/mol. The lowest BCUT2D eigenvalue weighted by atomic mass is 10.4. The number of nitro groups is 2. The van der Waals surface area contributed by atoms with Crippen molar-refractivity contribution in [3.8, 4) is 0 Å². The Bertz CT molecular complexity index is 686. The molecule has 34 heavy (non-hydrogen) atoms. The molecule has 1 atom stereocenters. The van der Waals surface area contributed by atoms with Crippen LogP contribution in [0.5, 0.6) is 0 Å². The topological polar surface area (TPSA) is 283 Å². The van der Waals surface area contributed by atoms with Gasteiger partial charge in [0.15, 0.2) is 10.1 Å². The Morgan fingerprint density at radius 3 is 1.00 bits per heavy atom. The van der Waals surface area contributed by atoms with Gasteiger partial charge in [0.25, 0.3) is 0 Å². The number of rotatable bonds is 17. The molecule has 0 heterocycles. The van der Waals surface area contributed by atoms with E-state index < -0.39 is 48.6 Å². The van der Waals surface area contributed by atoms with E-state index in [-0.39, 0.29) is 29.5 Å². The van der Waals surface area contributed by atoms with Gasteiger partial charge in [-0.15, -0.1) is 10.0 Å². The third-order valence-corrected chi connectivity index (χ3v) is 3.49. The summed E-state index contributed by atoms with van der Waals surface area (Å²) in [6.07, 6.45) is -4.00. The minimum Gasteiger partial charge on any atom is -0.592 e. The normalized spacial score (nSPS) is 14.6. The minimum atomic E-state index is -2.00. The van der Waals surface area contributed by atoms with Gasteiger partial charge >= 0.3 is 12.3 Å². The minimum absolute atomic E-state index is 0.241. The van der Waals surface area contributed by atoms with E-state index in [9.17, 15) is 41.1 Å². The van der Waals surface area contributed by atoms with Crippen molar-refractivity contribution in [1.82, 2.24) is 10.0 Å². The van der Waals surface area contributed by atoms with E-state index in [0.717, 1.165) is 28.4 Å². The van der Waals surface area contributed by atoms with E-state index in [0.29, 0.717) is 0 Å². The van der Waals surface area contributed by atoms with Gasteiger partial charge < -0.3 is 40.2 Å². The molecule has 24 nitrogen and oxygen atoms in total. The van der Waals surface area contributed by atoms with Crippen LogP contribution in [0.3, 0.4) is 0 Å². The highest BCUT2D eigenvalue weighted by Gasteiger charge is 2.40. The van der Waals surface area contributed by atoms with Gasteiger partial charge in [-0.25, -0.2) is 20.2 Å². The Hall–Kier alpha value is -4.80. The highest BCUT2D eigenvalue weighted by Crippen LogP contribution is 2.05. The summed E-state index contributed by atoms with van der Waals surface area (Å²) >= 11 is 0. The fourth-order valence-electron chi connectivity index (χ4n) is 2.08. The average Bonchev–Trinajstić information content (AvgIpc) is 2.75. The number of hydrogen-bond donors (Lipinski definition) is 0. The largest absolute Gasteiger partial charge is 0.592 e. The van der Waals surface area contributed by atoms with Crippen molar-refractivity contribution < 1.29 is 48.9 Å². The summed E-state index contributed by atoms with van der Waals surface area (Å²) < 4.78 is 0. The summed E-state index contributed by atoms with van der Waals surface area (Å²) in [5.74, 6) is 0. The molecule has 0 saturated carbocycles. The molecule has 0 amide bonds. The predicted octanol–water partition coefficient (Wildman–Crippen LogP) is -1.28. The van der Waals surface area contributed by atoms with Crippen LogP contribution in [0.2, 0.25) is 0 Å². The van der Waals surface area contributed by atoms with Crippen molar-refractivity contribution in [1.29, 1.82) is 0 Å². The maximum Gasteiger partial charge on any atom is 0.439 e. The van der Waals surface area contributed by atoms with E-state index in [1.807, 2.05) is 0 Å². The average molecular weight is 502 g/mol. The molecule has 0 aromatic heterocycles. The van der Waals surface area contributed by atoms with Crippen LogP contribution in [0.15, 0.2) is 21.1 Å². The fraction of sp³-hybridized carbons (Fsp3) is 1.00. The van der Waals surface area contributed by atoms with Gasteiger partial charge in [-0.1, -0.05) is 0 Å². The summed E-state index contributed by atoms with van der Waals surface area (Å²) in [5.41, 5.74) is 0. The van der Waals surface area contributed by atoms with Crippen LogP contribution in [0.25, 0.3) is 0 Å². The van der Waals surface area contributed by atoms with E-state index in [2.05, 4.69) is 40.5 Å². The lowest BCUT2D eigenvalue weighted by Crippen LogP contribution is -2.50. The van der Waals surface area contributed by atoms with Crippen molar-refractivity contribution in [3.05, 3.63) is 41.1 Å². The molecule has 0 spiro atoms. The molecule has 194 valence electrons. The molecule has 0 aromatic carbocycles. The zero-order valence-corrected chi connectivity index (χ0v) is 18.2. The van der Waals surface area contributed by atoms with Gasteiger partial charge in [0.05, 0.1) is 0 Å². The molecule has 0 bridgehead atoms. The Morgan fingerprint density at radius 2 is 0.824 bits per heavy atom. The van der Waals surface area contributed by atoms with E-state index >= 15 is 0 Å². The van der Waals surface area contributed by atoms with Gasteiger partial charge in [-0.2, -0.15) is 0 Å². The van der Waals surface area contributed by atoms with Crippen LogP contribution in [0.4, 0.5) is 0 Å². The first-order chi connectivity index (χ1) is 16.0. The molecule has 24 heteroatoms. The quantitative estimate of drug-likeness (QED) is 0.0736. The SMILES string of the molecule is CO/N=[N+](\[O-])C(CN(CCN(CC(/[N+]([O-])=N/OC)/[N+]([O-])=N\OC)[N+](=O)[O-])[N+](=O)[O-])/[N+]([O-])=N/OC. The highest BCUT2D eigenvalue weighted by molar-refractivity contribution is 4.55. The zero-order valence-electron chi connectivity index (χ0n) is 18.2. The van der Waals surface area contributed by atoms with Gasteiger partial charge in [-0.3, -0.25) is 0 Å². The standard InChI is InChI=1S/C10H22N12O12/c1-31-11-17(23)9(18(24)12-32-2)7-15(21(27)28)5-6-16(22(29)30)8-10(19(25)13-33-3)20(26)14-34-4/h9-10H,5-8H2,1-4H3/b17-11-,18-12-,19-13-,20-14+. The lowest BCUT2D eigenvalue weighted by Gasteiger charge is -2.19. The number of hydrogen-bond acceptors (Lipinski definition) is 16. The molecule has 0 N–H and O–H groups in total. The first-order valence-electron chi connectivity index (χ1n) is 8.64. The Labute approximate surface area is 189 Å². The van der Waals surface area contributed by atoms with Crippen molar-refractivity contribution >= 4 is 0 Å². The maximum absolute atomic E-state index is 11.9. The molecule has 0 aliphatic carbocycles. The Kier molecular flexibility index (Phi) is 12.9. The first kappa shape index (κ1) is 29.2. The molecular formula is C10H22N12O12. The van der Waals surface area contributed by atoms with Gasteiger partial charge in [0.2, 0.25) is 34.2 Å². The van der Waals surface area contributed by atoms with E-state index in [1.165, 1.54) is 0 Å². The summed E-state index contributed by atoms with van der Waals surface area (Å²) in [7, 11) is 3.86. The number of hydroxylamine groups is 4. The van der Waals surface area contributed by atoms with E-state index in [1.54, 1.807) is 0 Å².